The van der Waals surface area contributed by atoms with E-state index in [-0.39, 0.29) is 12.0 Å². The molecule has 152 valence electrons. The number of carbonyl (C=O) groups excluding carboxylic acids is 1. The van der Waals surface area contributed by atoms with Gasteiger partial charge >= 0.3 is 5.97 Å². The number of pyridine rings is 1. The summed E-state index contributed by atoms with van der Waals surface area (Å²) in [6.07, 6.45) is 1.53. The summed E-state index contributed by atoms with van der Waals surface area (Å²) in [6.45, 7) is 6.81. The molecule has 2 heterocycles. The largest absolute Gasteiger partial charge is 0.476 e. The summed E-state index contributed by atoms with van der Waals surface area (Å²) in [5.41, 5.74) is 0.666. The molecule has 28 heavy (non-hydrogen) atoms. The Hall–Kier alpha value is -2.39. The Morgan fingerprint density at radius 1 is 1.43 bits per heavy atom. The molecule has 0 bridgehead atoms. The minimum absolute atomic E-state index is 0.128. The van der Waals surface area contributed by atoms with E-state index in [1.807, 2.05) is 6.92 Å². The lowest BCUT2D eigenvalue weighted by molar-refractivity contribution is 0.0531. The van der Waals surface area contributed by atoms with E-state index in [2.05, 4.69) is 25.6 Å². The number of carbonyl (C=O) groups is 1. The van der Waals surface area contributed by atoms with Crippen LogP contribution >= 0.6 is 22.9 Å². The van der Waals surface area contributed by atoms with Crippen molar-refractivity contribution in [2.75, 3.05) is 26.8 Å². The van der Waals surface area contributed by atoms with E-state index in [1.165, 1.54) is 17.5 Å². The van der Waals surface area contributed by atoms with Crippen LogP contribution in [0.5, 0.6) is 5.88 Å². The van der Waals surface area contributed by atoms with E-state index < -0.39 is 0 Å². The Morgan fingerprint density at radius 3 is 2.86 bits per heavy atom. The highest BCUT2D eigenvalue weighted by atomic mass is 35.5. The number of rotatable bonds is 8. The highest BCUT2D eigenvalue weighted by Crippen LogP contribution is 2.24. The predicted molar refractivity (Wildman–Crippen MR) is 110 cm³/mol. The maximum Gasteiger partial charge on any atom is 0.350 e. The molecule has 0 saturated heterocycles. The molecule has 1 unspecified atom stereocenters. The Balaban J connectivity index is 1.84. The predicted octanol–water partition coefficient (Wildman–Crippen LogP) is 2.98. The zero-order chi connectivity index (χ0) is 20.5. The minimum atomic E-state index is -0.341. The van der Waals surface area contributed by atoms with Crippen LogP contribution in [0.2, 0.25) is 5.02 Å². The Labute approximate surface area is 173 Å². The van der Waals surface area contributed by atoms with E-state index >= 15 is 0 Å². The maximum atomic E-state index is 12.0. The highest BCUT2D eigenvalue weighted by Gasteiger charge is 2.20. The van der Waals surface area contributed by atoms with E-state index in [9.17, 15) is 4.79 Å². The molecule has 8 nitrogen and oxygen atoms in total. The minimum Gasteiger partial charge on any atom is -0.476 e. The topological polar surface area (TPSA) is 97.7 Å². The number of nitrogens with zero attached hydrogens (tertiary/aromatic N) is 3. The third kappa shape index (κ3) is 6.35. The lowest BCUT2D eigenvalue weighted by Crippen LogP contribution is -2.40. The molecule has 10 heteroatoms. The summed E-state index contributed by atoms with van der Waals surface area (Å²) in [5.74, 6) is 0.768. The standard InChI is InChI=1S/C18H24ClN5O3S/c1-5-26-17(25)15-11(2)23-16(28-15)12(3)24-18(20-4)21-8-9-27-14-7-6-13(19)10-22-14/h6-7,10,12H,5,8-9H2,1-4H3,(H2,20,21,24). The second-order valence-corrected chi connectivity index (χ2v) is 7.18. The quantitative estimate of drug-likeness (QED) is 0.290. The van der Waals surface area contributed by atoms with Crippen LogP contribution < -0.4 is 15.4 Å². The summed E-state index contributed by atoms with van der Waals surface area (Å²) in [6, 6.07) is 3.31. The van der Waals surface area contributed by atoms with Crippen LogP contribution in [0.15, 0.2) is 23.3 Å². The molecule has 2 rings (SSSR count). The average Bonchev–Trinajstić information content (AvgIpc) is 3.07. The van der Waals surface area contributed by atoms with Crippen LogP contribution in [0.3, 0.4) is 0 Å². The lowest BCUT2D eigenvalue weighted by Gasteiger charge is -2.16. The molecule has 0 aliphatic rings. The molecular weight excluding hydrogens is 402 g/mol. The number of aryl methyl sites for hydroxylation is 1. The number of thiazole rings is 1. The van der Waals surface area contributed by atoms with Gasteiger partial charge in [-0.1, -0.05) is 11.6 Å². The Kier molecular flexibility index (Phi) is 8.46. The number of hydrogen-bond donors (Lipinski definition) is 2. The molecule has 2 aromatic rings. The fourth-order valence-electron chi connectivity index (χ4n) is 2.22. The van der Waals surface area contributed by atoms with Crippen molar-refractivity contribution >= 4 is 34.9 Å². The molecule has 0 aliphatic heterocycles. The van der Waals surface area contributed by atoms with Gasteiger partial charge in [-0.3, -0.25) is 4.99 Å². The van der Waals surface area contributed by atoms with Gasteiger partial charge in [-0.2, -0.15) is 0 Å². The second kappa shape index (κ2) is 10.8. The first-order chi connectivity index (χ1) is 13.4. The molecule has 2 aromatic heterocycles. The number of ether oxygens (including phenoxy) is 2. The normalized spacial score (nSPS) is 12.4. The molecule has 2 N–H and O–H groups in total. The first-order valence-electron chi connectivity index (χ1n) is 8.80. The first-order valence-corrected chi connectivity index (χ1v) is 10.00. The molecular formula is C18H24ClN5O3S. The monoisotopic (exact) mass is 425 g/mol. The number of hydrogen-bond acceptors (Lipinski definition) is 7. The molecule has 0 fully saturated rings. The van der Waals surface area contributed by atoms with Gasteiger partial charge in [-0.15, -0.1) is 11.3 Å². The summed E-state index contributed by atoms with van der Waals surface area (Å²) < 4.78 is 10.6. The van der Waals surface area contributed by atoms with Crippen molar-refractivity contribution in [2.24, 2.45) is 4.99 Å². The smallest absolute Gasteiger partial charge is 0.350 e. The molecule has 0 aliphatic carbocycles. The van der Waals surface area contributed by atoms with Gasteiger partial charge in [0.2, 0.25) is 5.88 Å². The van der Waals surface area contributed by atoms with Gasteiger partial charge in [-0.05, 0) is 26.8 Å². The van der Waals surface area contributed by atoms with Gasteiger partial charge in [0.05, 0.1) is 29.9 Å². The zero-order valence-corrected chi connectivity index (χ0v) is 17.9. The third-order valence-corrected chi connectivity index (χ3v) is 5.11. The van der Waals surface area contributed by atoms with Crippen LogP contribution in [0.1, 0.15) is 40.3 Å². The molecule has 0 amide bonds. The SMILES string of the molecule is CCOC(=O)c1sc(C(C)NC(=NC)NCCOc2ccc(Cl)cn2)nc1C. The van der Waals surface area contributed by atoms with Gasteiger partial charge in [0.15, 0.2) is 5.96 Å². The number of aliphatic imine (C=N–C) groups is 1. The van der Waals surface area contributed by atoms with Crippen molar-refractivity contribution in [1.29, 1.82) is 0 Å². The van der Waals surface area contributed by atoms with Gasteiger partial charge < -0.3 is 20.1 Å². The highest BCUT2D eigenvalue weighted by molar-refractivity contribution is 7.13. The maximum absolute atomic E-state index is 12.0. The summed E-state index contributed by atoms with van der Waals surface area (Å²) >= 11 is 7.11. The van der Waals surface area contributed by atoms with Crippen molar-refractivity contribution in [3.05, 3.63) is 38.9 Å². The van der Waals surface area contributed by atoms with Crippen LogP contribution in [0.25, 0.3) is 0 Å². The lowest BCUT2D eigenvalue weighted by atomic mass is 10.3. The van der Waals surface area contributed by atoms with E-state index in [0.29, 0.717) is 47.2 Å². The molecule has 0 spiro atoms. The van der Waals surface area contributed by atoms with Crippen LogP contribution in [0.4, 0.5) is 0 Å². The molecule has 0 saturated carbocycles. The van der Waals surface area contributed by atoms with E-state index in [4.69, 9.17) is 21.1 Å². The molecule has 1 atom stereocenters. The summed E-state index contributed by atoms with van der Waals surface area (Å²) in [7, 11) is 1.68. The van der Waals surface area contributed by atoms with Crippen LogP contribution in [-0.4, -0.2) is 48.7 Å². The van der Waals surface area contributed by atoms with Crippen molar-refractivity contribution < 1.29 is 14.3 Å². The van der Waals surface area contributed by atoms with Crippen molar-refractivity contribution in [2.45, 2.75) is 26.8 Å². The van der Waals surface area contributed by atoms with Crippen molar-refractivity contribution in [3.63, 3.8) is 0 Å². The zero-order valence-electron chi connectivity index (χ0n) is 16.3. The first kappa shape index (κ1) is 21.9. The molecule has 0 aromatic carbocycles. The number of halogens is 1. The number of guanidine groups is 1. The Morgan fingerprint density at radius 2 is 2.21 bits per heavy atom. The van der Waals surface area contributed by atoms with Crippen molar-refractivity contribution in [1.82, 2.24) is 20.6 Å². The summed E-state index contributed by atoms with van der Waals surface area (Å²) in [4.78, 5) is 25.2. The van der Waals surface area contributed by atoms with Gasteiger partial charge in [0, 0.05) is 19.3 Å². The second-order valence-electron chi connectivity index (χ2n) is 5.72. The third-order valence-electron chi connectivity index (χ3n) is 3.57. The number of esters is 1. The average molecular weight is 426 g/mol. The fraction of sp³-hybridized carbons (Fsp3) is 0.444. The number of aromatic nitrogens is 2. The van der Waals surface area contributed by atoms with Crippen LogP contribution in [-0.2, 0) is 4.74 Å². The van der Waals surface area contributed by atoms with Gasteiger partial charge in [0.25, 0.3) is 0 Å². The Bertz CT molecular complexity index is 810. The van der Waals surface area contributed by atoms with Crippen molar-refractivity contribution in [3.8, 4) is 5.88 Å². The number of nitrogens with one attached hydrogen (secondary N) is 2. The van der Waals surface area contributed by atoms with Gasteiger partial charge in [-0.25, -0.2) is 14.8 Å². The van der Waals surface area contributed by atoms with E-state index in [0.717, 1.165) is 5.01 Å². The van der Waals surface area contributed by atoms with Crippen LogP contribution in [0, 0.1) is 6.92 Å². The van der Waals surface area contributed by atoms with E-state index in [1.54, 1.807) is 33.0 Å². The fourth-order valence-corrected chi connectivity index (χ4v) is 3.30. The molecule has 0 radical (unpaired) electrons. The summed E-state index contributed by atoms with van der Waals surface area (Å²) in [5, 5.41) is 7.75. The van der Waals surface area contributed by atoms with Gasteiger partial charge in [0.1, 0.15) is 16.5 Å².